The van der Waals surface area contributed by atoms with E-state index in [0.29, 0.717) is 12.6 Å². The molecular weight excluding hydrogens is 336 g/mol. The number of aryl methyl sites for hydroxylation is 1. The van der Waals surface area contributed by atoms with Gasteiger partial charge >= 0.3 is 0 Å². The zero-order valence-corrected chi connectivity index (χ0v) is 16.4. The molecule has 2 aromatic carbocycles. The molecule has 0 amide bonds. The minimum Gasteiger partial charge on any atom is -0.493 e. The molecule has 0 spiro atoms. The molecule has 3 heterocycles. The lowest BCUT2D eigenvalue weighted by Gasteiger charge is -2.45. The molecule has 0 aromatic heterocycles. The van der Waals surface area contributed by atoms with Crippen LogP contribution in [0.4, 0.5) is 0 Å². The molecular formula is C23H30N2O2. The van der Waals surface area contributed by atoms with Crippen LogP contribution in [-0.2, 0) is 13.2 Å². The Hall–Kier alpha value is -2.04. The van der Waals surface area contributed by atoms with Crippen molar-refractivity contribution >= 4 is 0 Å². The van der Waals surface area contributed by atoms with Crippen LogP contribution in [0.5, 0.6) is 11.5 Å². The highest BCUT2D eigenvalue weighted by Gasteiger charge is 2.33. The smallest absolute Gasteiger partial charge is 0.166 e. The van der Waals surface area contributed by atoms with Gasteiger partial charge in [-0.3, -0.25) is 0 Å². The van der Waals surface area contributed by atoms with Gasteiger partial charge in [-0.15, -0.1) is 0 Å². The average Bonchev–Trinajstić information content (AvgIpc) is 2.73. The number of piperidine rings is 3. The van der Waals surface area contributed by atoms with Gasteiger partial charge in [-0.25, -0.2) is 0 Å². The van der Waals surface area contributed by atoms with Crippen molar-refractivity contribution < 1.29 is 9.47 Å². The molecule has 0 aliphatic carbocycles. The van der Waals surface area contributed by atoms with Crippen LogP contribution in [0.15, 0.2) is 42.5 Å². The first-order valence-corrected chi connectivity index (χ1v) is 10.0. The van der Waals surface area contributed by atoms with Gasteiger partial charge in [0.15, 0.2) is 11.5 Å². The van der Waals surface area contributed by atoms with Gasteiger partial charge in [-0.05, 0) is 50.4 Å². The van der Waals surface area contributed by atoms with Gasteiger partial charge in [0.2, 0.25) is 0 Å². The number of hydrogen-bond acceptors (Lipinski definition) is 4. The molecule has 5 rings (SSSR count). The highest BCUT2D eigenvalue weighted by molar-refractivity contribution is 5.46. The maximum atomic E-state index is 6.21. The zero-order valence-electron chi connectivity index (χ0n) is 16.4. The monoisotopic (exact) mass is 366 g/mol. The fourth-order valence-corrected chi connectivity index (χ4v) is 4.30. The third kappa shape index (κ3) is 4.28. The van der Waals surface area contributed by atoms with Crippen LogP contribution >= 0.6 is 0 Å². The molecule has 4 nitrogen and oxygen atoms in total. The number of ether oxygens (including phenoxy) is 2. The largest absolute Gasteiger partial charge is 0.493 e. The Bertz CT molecular complexity index is 751. The molecule has 1 unspecified atom stereocenters. The number of methoxy groups -OCH3 is 1. The summed E-state index contributed by atoms with van der Waals surface area (Å²) in [5.41, 5.74) is 3.60. The van der Waals surface area contributed by atoms with Crippen molar-refractivity contribution in [3.63, 3.8) is 0 Å². The van der Waals surface area contributed by atoms with Crippen LogP contribution in [0.25, 0.3) is 0 Å². The Labute approximate surface area is 162 Å². The molecule has 3 fully saturated rings. The summed E-state index contributed by atoms with van der Waals surface area (Å²) < 4.78 is 11.8. The first-order chi connectivity index (χ1) is 13.2. The lowest BCUT2D eigenvalue weighted by Crippen LogP contribution is -2.55. The Kier molecular flexibility index (Phi) is 5.65. The second-order valence-corrected chi connectivity index (χ2v) is 7.85. The van der Waals surface area contributed by atoms with Gasteiger partial charge < -0.3 is 19.7 Å². The zero-order chi connectivity index (χ0) is 18.6. The Morgan fingerprint density at radius 1 is 1.07 bits per heavy atom. The highest BCUT2D eigenvalue weighted by Crippen LogP contribution is 2.33. The summed E-state index contributed by atoms with van der Waals surface area (Å²) in [6.07, 6.45) is 2.65. The number of benzene rings is 2. The molecule has 27 heavy (non-hydrogen) atoms. The lowest BCUT2D eigenvalue weighted by molar-refractivity contribution is 0.0718. The molecule has 0 saturated carbocycles. The number of hydrogen-bond donors (Lipinski definition) is 1. The molecule has 1 N–H and O–H groups in total. The first kappa shape index (κ1) is 18.3. The van der Waals surface area contributed by atoms with Gasteiger partial charge in [0.1, 0.15) is 6.61 Å². The topological polar surface area (TPSA) is 33.7 Å². The van der Waals surface area contributed by atoms with E-state index < -0.39 is 0 Å². The fraction of sp³-hybridized carbons (Fsp3) is 0.478. The molecule has 0 radical (unpaired) electrons. The van der Waals surface area contributed by atoms with E-state index >= 15 is 0 Å². The van der Waals surface area contributed by atoms with Crippen LogP contribution in [0, 0.1) is 12.8 Å². The average molecular weight is 367 g/mol. The lowest BCUT2D eigenvalue weighted by atomic mass is 9.84. The van der Waals surface area contributed by atoms with Gasteiger partial charge in [0.05, 0.1) is 7.11 Å². The van der Waals surface area contributed by atoms with E-state index in [1.54, 1.807) is 7.11 Å². The molecule has 3 aliphatic heterocycles. The second-order valence-electron chi connectivity index (χ2n) is 7.85. The number of nitrogens with zero attached hydrogens (tertiary/aromatic N) is 1. The molecule has 2 aromatic rings. The quantitative estimate of drug-likeness (QED) is 0.809. The van der Waals surface area contributed by atoms with E-state index in [9.17, 15) is 0 Å². The molecule has 3 aliphatic rings. The molecule has 3 saturated heterocycles. The van der Waals surface area contributed by atoms with E-state index in [-0.39, 0.29) is 0 Å². The summed E-state index contributed by atoms with van der Waals surface area (Å²) in [7, 11) is 1.71. The third-order valence-corrected chi connectivity index (χ3v) is 6.00. The van der Waals surface area contributed by atoms with Gasteiger partial charge in [-0.2, -0.15) is 0 Å². The highest BCUT2D eigenvalue weighted by atomic mass is 16.5. The van der Waals surface area contributed by atoms with Crippen molar-refractivity contribution in [1.82, 2.24) is 10.2 Å². The van der Waals surface area contributed by atoms with Crippen molar-refractivity contribution in [1.29, 1.82) is 0 Å². The summed E-state index contributed by atoms with van der Waals surface area (Å²) in [5.74, 6) is 2.47. The Morgan fingerprint density at radius 3 is 2.52 bits per heavy atom. The molecule has 144 valence electrons. The summed E-state index contributed by atoms with van der Waals surface area (Å²) in [6.45, 7) is 7.18. The molecule has 4 heteroatoms. The van der Waals surface area contributed by atoms with E-state index in [1.807, 2.05) is 12.1 Å². The Morgan fingerprint density at radius 2 is 1.85 bits per heavy atom. The van der Waals surface area contributed by atoms with Crippen molar-refractivity contribution in [2.45, 2.75) is 39.0 Å². The first-order valence-electron chi connectivity index (χ1n) is 10.0. The standard InChI is InChI=1S/C23H30N2O2/c1-17-6-8-18(9-7-17)16-27-23-20(4-3-5-22(23)26-2)14-24-21-15-25-12-10-19(21)11-13-25/h3-9,19,21,24H,10-16H2,1-2H3. The SMILES string of the molecule is COc1cccc(CNC2CN3CCC2CC3)c1OCc1ccc(C)cc1. The van der Waals surface area contributed by atoms with E-state index in [0.717, 1.165) is 29.5 Å². The number of para-hydroxylation sites is 1. The van der Waals surface area contributed by atoms with Crippen LogP contribution in [0.1, 0.15) is 29.5 Å². The van der Waals surface area contributed by atoms with Gasteiger partial charge in [-0.1, -0.05) is 42.0 Å². The number of rotatable bonds is 7. The summed E-state index contributed by atoms with van der Waals surface area (Å²) in [4.78, 5) is 2.58. The summed E-state index contributed by atoms with van der Waals surface area (Å²) in [6, 6.07) is 15.2. The van der Waals surface area contributed by atoms with Gasteiger partial charge in [0.25, 0.3) is 0 Å². The van der Waals surface area contributed by atoms with E-state index in [4.69, 9.17) is 9.47 Å². The maximum Gasteiger partial charge on any atom is 0.166 e. The number of fused-ring (bicyclic) bond motifs is 3. The minimum absolute atomic E-state index is 0.549. The van der Waals surface area contributed by atoms with E-state index in [2.05, 4.69) is 47.5 Å². The van der Waals surface area contributed by atoms with Crippen molar-refractivity contribution in [2.75, 3.05) is 26.7 Å². The van der Waals surface area contributed by atoms with Crippen LogP contribution in [0.2, 0.25) is 0 Å². The van der Waals surface area contributed by atoms with Crippen LogP contribution in [0.3, 0.4) is 0 Å². The van der Waals surface area contributed by atoms with Crippen LogP contribution in [-0.4, -0.2) is 37.7 Å². The Balaban J connectivity index is 1.44. The molecule has 2 bridgehead atoms. The normalized spacial score (nSPS) is 24.0. The van der Waals surface area contributed by atoms with Crippen LogP contribution < -0.4 is 14.8 Å². The second kappa shape index (κ2) is 8.32. The fourth-order valence-electron chi connectivity index (χ4n) is 4.30. The van der Waals surface area contributed by atoms with Crippen molar-refractivity contribution in [2.24, 2.45) is 5.92 Å². The van der Waals surface area contributed by atoms with E-state index in [1.165, 1.54) is 43.6 Å². The van der Waals surface area contributed by atoms with Crippen molar-refractivity contribution in [3.05, 3.63) is 59.2 Å². The summed E-state index contributed by atoms with van der Waals surface area (Å²) in [5, 5.41) is 3.79. The maximum absolute atomic E-state index is 6.21. The minimum atomic E-state index is 0.549. The summed E-state index contributed by atoms with van der Waals surface area (Å²) >= 11 is 0. The predicted molar refractivity (Wildman–Crippen MR) is 108 cm³/mol. The van der Waals surface area contributed by atoms with Gasteiger partial charge in [0, 0.05) is 24.7 Å². The van der Waals surface area contributed by atoms with Crippen molar-refractivity contribution in [3.8, 4) is 11.5 Å². The number of nitrogens with one attached hydrogen (secondary N) is 1. The third-order valence-electron chi connectivity index (χ3n) is 6.00. The predicted octanol–water partition coefficient (Wildman–Crippen LogP) is 3.77. The molecule has 1 atom stereocenters.